The second-order valence-corrected chi connectivity index (χ2v) is 6.47. The fourth-order valence-corrected chi connectivity index (χ4v) is 3.26. The van der Waals surface area contributed by atoms with Crippen molar-refractivity contribution in [1.82, 2.24) is 9.55 Å². The molecule has 0 saturated carbocycles. The first kappa shape index (κ1) is 14.6. The van der Waals surface area contributed by atoms with Gasteiger partial charge in [-0.2, -0.15) is 0 Å². The third-order valence-electron chi connectivity index (χ3n) is 3.01. The van der Waals surface area contributed by atoms with E-state index < -0.39 is 0 Å². The van der Waals surface area contributed by atoms with E-state index in [1.54, 1.807) is 11.8 Å². The average molecular weight is 340 g/mol. The van der Waals surface area contributed by atoms with Gasteiger partial charge in [-0.05, 0) is 30.5 Å². The summed E-state index contributed by atoms with van der Waals surface area (Å²) in [6.07, 6.45) is 5.66. The van der Waals surface area contributed by atoms with Crippen LogP contribution >= 0.6 is 27.7 Å². The lowest BCUT2D eigenvalue weighted by atomic mass is 10.1. The van der Waals surface area contributed by atoms with Gasteiger partial charge in [-0.15, -0.1) is 0 Å². The Hall–Kier alpha value is -0.780. The van der Waals surface area contributed by atoms with Gasteiger partial charge < -0.3 is 10.3 Å². The molecule has 1 unspecified atom stereocenters. The first-order valence-corrected chi connectivity index (χ1v) is 7.90. The smallest absolute Gasteiger partial charge is 0.172 e. The van der Waals surface area contributed by atoms with Gasteiger partial charge in [-0.3, -0.25) is 0 Å². The molecule has 102 valence electrons. The molecular weight excluding hydrogens is 322 g/mol. The first-order valence-electron chi connectivity index (χ1n) is 6.29. The van der Waals surface area contributed by atoms with E-state index in [9.17, 15) is 0 Å². The zero-order valence-electron chi connectivity index (χ0n) is 11.1. The van der Waals surface area contributed by atoms with E-state index in [4.69, 9.17) is 5.73 Å². The molecule has 0 aliphatic heterocycles. The molecule has 2 rings (SSSR count). The fourth-order valence-electron chi connectivity index (χ4n) is 1.77. The minimum atomic E-state index is 0.210. The average Bonchev–Trinajstić information content (AvgIpc) is 2.78. The maximum atomic E-state index is 6.07. The molecule has 19 heavy (non-hydrogen) atoms. The molecule has 0 bridgehead atoms. The maximum absolute atomic E-state index is 6.07. The van der Waals surface area contributed by atoms with Crippen LogP contribution in [0.1, 0.15) is 18.9 Å². The Balaban J connectivity index is 2.27. The van der Waals surface area contributed by atoms with Crippen LogP contribution in [-0.4, -0.2) is 15.6 Å². The highest BCUT2D eigenvalue weighted by molar-refractivity contribution is 9.10. The zero-order valence-corrected chi connectivity index (χ0v) is 13.5. The number of hydrogen-bond donors (Lipinski definition) is 1. The summed E-state index contributed by atoms with van der Waals surface area (Å²) < 4.78 is 3.10. The molecular formula is C14H18BrN3S. The molecule has 0 radical (unpaired) electrons. The van der Waals surface area contributed by atoms with Crippen molar-refractivity contribution in [3.05, 3.63) is 40.6 Å². The minimum absolute atomic E-state index is 0.210. The molecule has 0 saturated heterocycles. The van der Waals surface area contributed by atoms with E-state index in [0.29, 0.717) is 0 Å². The van der Waals surface area contributed by atoms with Crippen molar-refractivity contribution in [2.45, 2.75) is 35.9 Å². The van der Waals surface area contributed by atoms with Gasteiger partial charge >= 0.3 is 0 Å². The van der Waals surface area contributed by atoms with Gasteiger partial charge in [0.15, 0.2) is 5.16 Å². The third-order valence-corrected chi connectivity index (χ3v) is 4.68. The molecule has 0 spiro atoms. The Morgan fingerprint density at radius 1 is 1.47 bits per heavy atom. The van der Waals surface area contributed by atoms with Gasteiger partial charge in [0.2, 0.25) is 0 Å². The number of halogens is 1. The van der Waals surface area contributed by atoms with E-state index in [-0.39, 0.29) is 6.04 Å². The van der Waals surface area contributed by atoms with Gasteiger partial charge in [0.1, 0.15) is 0 Å². The molecule has 2 aromatic rings. The SMILES string of the molecule is CCC(N)Cc1ccc(Br)cc1Sc1nccn1C. The highest BCUT2D eigenvalue weighted by Crippen LogP contribution is 2.32. The molecule has 1 atom stereocenters. The van der Waals surface area contributed by atoms with Crippen LogP contribution in [0.3, 0.4) is 0 Å². The Labute approximate surface area is 126 Å². The lowest BCUT2D eigenvalue weighted by Crippen LogP contribution is -2.21. The molecule has 0 aliphatic rings. The van der Waals surface area contributed by atoms with Crippen LogP contribution in [0.25, 0.3) is 0 Å². The van der Waals surface area contributed by atoms with Gasteiger partial charge in [-0.1, -0.05) is 40.7 Å². The standard InChI is InChI=1S/C14H18BrN3S/c1-3-12(16)8-10-4-5-11(15)9-13(10)19-14-17-6-7-18(14)2/h4-7,9,12H,3,8,16H2,1-2H3. The number of benzene rings is 1. The molecule has 5 heteroatoms. The number of aromatic nitrogens is 2. The molecule has 0 fully saturated rings. The number of imidazole rings is 1. The molecule has 1 aromatic heterocycles. The summed E-state index contributed by atoms with van der Waals surface area (Å²) in [5, 5.41) is 0.990. The van der Waals surface area contributed by atoms with E-state index >= 15 is 0 Å². The number of nitrogens with zero attached hydrogens (tertiary/aromatic N) is 2. The van der Waals surface area contributed by atoms with Crippen molar-refractivity contribution < 1.29 is 0 Å². The summed E-state index contributed by atoms with van der Waals surface area (Å²) in [5.41, 5.74) is 7.36. The van der Waals surface area contributed by atoms with Gasteiger partial charge in [0.25, 0.3) is 0 Å². The van der Waals surface area contributed by atoms with Gasteiger partial charge in [0.05, 0.1) is 0 Å². The van der Waals surface area contributed by atoms with Gasteiger partial charge in [0, 0.05) is 34.9 Å². The van der Waals surface area contributed by atoms with Crippen LogP contribution in [0.2, 0.25) is 0 Å². The summed E-state index contributed by atoms with van der Waals surface area (Å²) in [5.74, 6) is 0. The summed E-state index contributed by atoms with van der Waals surface area (Å²) in [4.78, 5) is 5.58. The Morgan fingerprint density at radius 3 is 2.89 bits per heavy atom. The van der Waals surface area contributed by atoms with Crippen molar-refractivity contribution in [3.8, 4) is 0 Å². The third kappa shape index (κ3) is 3.84. The molecule has 1 heterocycles. The lowest BCUT2D eigenvalue weighted by Gasteiger charge is -2.13. The van der Waals surface area contributed by atoms with E-state index in [1.807, 2.05) is 24.0 Å². The van der Waals surface area contributed by atoms with E-state index in [0.717, 1.165) is 22.5 Å². The van der Waals surface area contributed by atoms with Crippen molar-refractivity contribution >= 4 is 27.7 Å². The highest BCUT2D eigenvalue weighted by atomic mass is 79.9. The van der Waals surface area contributed by atoms with Crippen molar-refractivity contribution in [2.24, 2.45) is 12.8 Å². The van der Waals surface area contributed by atoms with Crippen LogP contribution in [0.5, 0.6) is 0 Å². The number of nitrogens with two attached hydrogens (primary N) is 1. The molecule has 0 amide bonds. The monoisotopic (exact) mass is 339 g/mol. The Bertz CT molecular complexity index is 553. The molecule has 1 aromatic carbocycles. The van der Waals surface area contributed by atoms with E-state index in [2.05, 4.69) is 46.0 Å². The number of hydrogen-bond acceptors (Lipinski definition) is 3. The largest absolute Gasteiger partial charge is 0.329 e. The van der Waals surface area contributed by atoms with E-state index in [1.165, 1.54) is 10.5 Å². The number of rotatable bonds is 5. The minimum Gasteiger partial charge on any atom is -0.329 e. The molecule has 0 aliphatic carbocycles. The van der Waals surface area contributed by atoms with Crippen LogP contribution in [0, 0.1) is 0 Å². The number of aryl methyl sites for hydroxylation is 1. The summed E-state index contributed by atoms with van der Waals surface area (Å²) in [6.45, 7) is 2.12. The highest BCUT2D eigenvalue weighted by Gasteiger charge is 2.11. The summed E-state index contributed by atoms with van der Waals surface area (Å²) >= 11 is 5.21. The normalized spacial score (nSPS) is 12.6. The van der Waals surface area contributed by atoms with Crippen molar-refractivity contribution in [2.75, 3.05) is 0 Å². The predicted octanol–water partition coefficient (Wildman–Crippen LogP) is 3.61. The Morgan fingerprint density at radius 2 is 2.26 bits per heavy atom. The Kier molecular flexibility index (Phi) is 5.07. The summed E-state index contributed by atoms with van der Waals surface area (Å²) in [7, 11) is 2.00. The fraction of sp³-hybridized carbons (Fsp3) is 0.357. The second kappa shape index (κ2) is 6.59. The molecule has 3 nitrogen and oxygen atoms in total. The summed E-state index contributed by atoms with van der Waals surface area (Å²) in [6, 6.07) is 6.56. The maximum Gasteiger partial charge on any atom is 0.172 e. The quantitative estimate of drug-likeness (QED) is 0.904. The van der Waals surface area contributed by atoms with Crippen LogP contribution < -0.4 is 5.73 Å². The van der Waals surface area contributed by atoms with Gasteiger partial charge in [-0.25, -0.2) is 4.98 Å². The molecule has 2 N–H and O–H groups in total. The first-order chi connectivity index (χ1) is 9.10. The predicted molar refractivity (Wildman–Crippen MR) is 83.4 cm³/mol. The lowest BCUT2D eigenvalue weighted by molar-refractivity contribution is 0.641. The van der Waals surface area contributed by atoms with Crippen molar-refractivity contribution in [3.63, 3.8) is 0 Å². The second-order valence-electron chi connectivity index (χ2n) is 4.55. The van der Waals surface area contributed by atoms with Crippen LogP contribution in [-0.2, 0) is 13.5 Å². The van der Waals surface area contributed by atoms with Crippen LogP contribution in [0.15, 0.2) is 45.1 Å². The van der Waals surface area contributed by atoms with Crippen LogP contribution in [0.4, 0.5) is 0 Å². The van der Waals surface area contributed by atoms with Crippen molar-refractivity contribution in [1.29, 1.82) is 0 Å². The topological polar surface area (TPSA) is 43.8 Å². The zero-order chi connectivity index (χ0) is 13.8.